The molecule has 0 heterocycles. The van der Waals surface area contributed by atoms with Crippen molar-refractivity contribution in [3.05, 3.63) is 48.6 Å². The molecule has 5 N–H and O–H groups in total. The number of hydrogen-bond acceptors (Lipinski definition) is 5. The summed E-state index contributed by atoms with van der Waals surface area (Å²) in [4.78, 5) is 12.7. The van der Waals surface area contributed by atoms with E-state index in [4.69, 9.17) is 0 Å². The van der Waals surface area contributed by atoms with Gasteiger partial charge in [-0.2, -0.15) is 0 Å². The second-order valence-electron chi connectivity index (χ2n) is 24.6. The van der Waals surface area contributed by atoms with Gasteiger partial charge in [0.15, 0.2) is 0 Å². The van der Waals surface area contributed by atoms with Gasteiger partial charge in [-0.25, -0.2) is 0 Å². The van der Waals surface area contributed by atoms with Gasteiger partial charge in [-0.05, 0) is 89.9 Å². The lowest BCUT2D eigenvalue weighted by Crippen LogP contribution is -2.53. The lowest BCUT2D eigenvalue weighted by molar-refractivity contribution is -0.132. The summed E-state index contributed by atoms with van der Waals surface area (Å²) in [6, 6.07) is -1.01. The molecule has 0 bridgehead atoms. The van der Waals surface area contributed by atoms with E-state index < -0.39 is 36.9 Å². The van der Waals surface area contributed by atoms with E-state index in [9.17, 15) is 25.2 Å². The zero-order valence-corrected chi connectivity index (χ0v) is 53.1. The van der Waals surface area contributed by atoms with Crippen LogP contribution in [0.2, 0.25) is 0 Å². The predicted octanol–water partition coefficient (Wildman–Crippen LogP) is 22.0. The van der Waals surface area contributed by atoms with Gasteiger partial charge in [0.05, 0.1) is 18.8 Å². The van der Waals surface area contributed by atoms with Crippen LogP contribution in [0, 0.1) is 0 Å². The minimum Gasteiger partial charge on any atom is -0.394 e. The lowest BCUT2D eigenvalue weighted by atomic mass is 10.00. The molecule has 0 aliphatic rings. The third kappa shape index (κ3) is 60.7. The van der Waals surface area contributed by atoms with Crippen LogP contribution in [0.4, 0.5) is 0 Å². The number of aliphatic hydroxyl groups is 4. The number of carbonyl (C=O) groups is 1. The second-order valence-corrected chi connectivity index (χ2v) is 24.6. The van der Waals surface area contributed by atoms with Crippen LogP contribution in [-0.4, -0.2) is 57.3 Å². The third-order valence-electron chi connectivity index (χ3n) is 16.7. The van der Waals surface area contributed by atoms with Crippen molar-refractivity contribution in [2.24, 2.45) is 0 Å². The molecule has 79 heavy (non-hydrogen) atoms. The van der Waals surface area contributed by atoms with Gasteiger partial charge in [0.25, 0.3) is 0 Å². The molecular weight excluding hydrogens is 971 g/mol. The number of nitrogens with one attached hydrogen (secondary N) is 1. The molecule has 6 heteroatoms. The molecule has 0 rings (SSSR count). The van der Waals surface area contributed by atoms with Crippen molar-refractivity contribution in [2.75, 3.05) is 6.61 Å². The van der Waals surface area contributed by atoms with Crippen molar-refractivity contribution >= 4 is 5.91 Å². The molecule has 4 unspecified atom stereocenters. The summed E-state index contributed by atoms with van der Waals surface area (Å²) in [7, 11) is 0. The van der Waals surface area contributed by atoms with Gasteiger partial charge in [0.2, 0.25) is 5.91 Å². The Balaban J connectivity index is 3.59. The Hall–Kier alpha value is -1.73. The number of hydrogen-bond donors (Lipinski definition) is 5. The third-order valence-corrected chi connectivity index (χ3v) is 16.7. The molecule has 0 saturated heterocycles. The number of carbonyl (C=O) groups excluding carboxylic acids is 1. The highest BCUT2D eigenvalue weighted by Gasteiger charge is 2.28. The van der Waals surface area contributed by atoms with Crippen LogP contribution in [-0.2, 0) is 4.79 Å². The molecule has 0 fully saturated rings. The summed E-state index contributed by atoms with van der Waals surface area (Å²) in [5, 5.41) is 44.2. The highest BCUT2D eigenvalue weighted by molar-refractivity contribution is 5.80. The summed E-state index contributed by atoms with van der Waals surface area (Å²) in [6.45, 7) is 4.09. The predicted molar refractivity (Wildman–Crippen MR) is 348 cm³/mol. The number of amides is 1. The van der Waals surface area contributed by atoms with Gasteiger partial charge < -0.3 is 25.7 Å². The van der Waals surface area contributed by atoms with E-state index >= 15 is 0 Å². The summed E-state index contributed by atoms with van der Waals surface area (Å²) in [5.74, 6) is -0.594. The molecule has 6 nitrogen and oxygen atoms in total. The normalized spacial score (nSPS) is 13.7. The Labute approximate surface area is 493 Å². The Morgan fingerprint density at radius 2 is 0.532 bits per heavy atom. The quantitative estimate of drug-likeness (QED) is 0.0308. The second kappa shape index (κ2) is 67.1. The Kier molecular flexibility index (Phi) is 65.6. The zero-order chi connectivity index (χ0) is 57.3. The lowest BCUT2D eigenvalue weighted by Gasteiger charge is -2.27. The minimum absolute atomic E-state index is 0.360. The van der Waals surface area contributed by atoms with Crippen molar-refractivity contribution in [1.82, 2.24) is 5.32 Å². The van der Waals surface area contributed by atoms with Gasteiger partial charge in [0.1, 0.15) is 12.2 Å². The molecule has 0 aliphatic heterocycles. The van der Waals surface area contributed by atoms with Crippen molar-refractivity contribution in [2.45, 2.75) is 404 Å². The summed E-state index contributed by atoms with van der Waals surface area (Å²) in [6.07, 6.45) is 88.2. The van der Waals surface area contributed by atoms with E-state index in [-0.39, 0.29) is 0 Å². The molecule has 0 aliphatic carbocycles. The standard InChI is InChI=1S/C73H139NO5/c1-3-5-7-9-11-13-15-17-19-21-23-25-27-29-31-32-33-34-35-36-37-38-39-41-43-45-47-49-51-53-55-57-59-61-63-65-67-71(77)73(79)74-69(68-75)72(78)70(76)66-64-62-60-58-56-54-52-50-48-46-44-42-40-30-28-26-24-22-20-18-16-14-12-10-8-6-4-2/h34-35,42,44,50,52,58,60,69-72,75-78H,3-33,36-41,43,45-49,51,53-57,59,61-68H2,1-2H3,(H,74,79)/b35-34-,44-42+,52-50+,60-58+. The fourth-order valence-electron chi connectivity index (χ4n) is 11.2. The number of aliphatic hydroxyl groups excluding tert-OH is 4. The summed E-state index contributed by atoms with van der Waals surface area (Å²) < 4.78 is 0. The van der Waals surface area contributed by atoms with Crippen LogP contribution in [0.3, 0.4) is 0 Å². The van der Waals surface area contributed by atoms with Crippen LogP contribution < -0.4 is 5.32 Å². The van der Waals surface area contributed by atoms with E-state index in [1.54, 1.807) is 0 Å². The minimum atomic E-state index is -1.30. The van der Waals surface area contributed by atoms with Crippen molar-refractivity contribution in [1.29, 1.82) is 0 Å². The first kappa shape index (κ1) is 77.3. The van der Waals surface area contributed by atoms with Crippen molar-refractivity contribution in [3.63, 3.8) is 0 Å². The molecule has 0 spiro atoms. The maximum atomic E-state index is 12.7. The van der Waals surface area contributed by atoms with Crippen LogP contribution in [0.25, 0.3) is 0 Å². The van der Waals surface area contributed by atoms with Crippen LogP contribution in [0.15, 0.2) is 48.6 Å². The average molecular weight is 1110 g/mol. The van der Waals surface area contributed by atoms with Crippen molar-refractivity contribution in [3.8, 4) is 0 Å². The summed E-state index contributed by atoms with van der Waals surface area (Å²) >= 11 is 0. The fraction of sp³-hybridized carbons (Fsp3) is 0.877. The molecular formula is C73H139NO5. The number of allylic oxidation sites excluding steroid dienone is 8. The zero-order valence-electron chi connectivity index (χ0n) is 53.1. The largest absolute Gasteiger partial charge is 0.394 e. The van der Waals surface area contributed by atoms with Gasteiger partial charge in [-0.3, -0.25) is 4.79 Å². The molecule has 0 saturated carbocycles. The van der Waals surface area contributed by atoms with E-state index in [1.807, 2.05) is 0 Å². The summed E-state index contributed by atoms with van der Waals surface area (Å²) in [5.41, 5.74) is 0. The van der Waals surface area contributed by atoms with Gasteiger partial charge in [-0.15, -0.1) is 0 Å². The highest BCUT2D eigenvalue weighted by Crippen LogP contribution is 2.19. The van der Waals surface area contributed by atoms with Crippen LogP contribution in [0.5, 0.6) is 0 Å². The fourth-order valence-corrected chi connectivity index (χ4v) is 11.2. The monoisotopic (exact) mass is 1110 g/mol. The first-order valence-corrected chi connectivity index (χ1v) is 35.5. The maximum absolute atomic E-state index is 12.7. The first-order chi connectivity index (χ1) is 39.0. The molecule has 0 aromatic carbocycles. The SMILES string of the molecule is CCCCCCCCCCCCCCCC/C=C/CC/C=C/CC/C=C/CCCC(O)C(O)C(CO)NC(=O)C(O)CCCCCCCCCCCCCCCCCC/C=C\CCCCCCCCCCCCCCCCCC. The topological polar surface area (TPSA) is 110 Å². The van der Waals surface area contributed by atoms with E-state index in [2.05, 4.69) is 67.8 Å². The number of rotatable bonds is 66. The average Bonchev–Trinajstić information content (AvgIpc) is 3.45. The van der Waals surface area contributed by atoms with Gasteiger partial charge in [0, 0.05) is 0 Å². The Morgan fingerprint density at radius 1 is 0.304 bits per heavy atom. The molecule has 0 radical (unpaired) electrons. The van der Waals surface area contributed by atoms with Crippen LogP contribution >= 0.6 is 0 Å². The maximum Gasteiger partial charge on any atom is 0.249 e. The molecule has 0 aromatic heterocycles. The molecule has 0 aromatic rings. The van der Waals surface area contributed by atoms with Gasteiger partial charge >= 0.3 is 0 Å². The van der Waals surface area contributed by atoms with Crippen molar-refractivity contribution < 1.29 is 25.2 Å². The highest BCUT2D eigenvalue weighted by atomic mass is 16.3. The van der Waals surface area contributed by atoms with Gasteiger partial charge in [-0.1, -0.05) is 339 Å². The number of unbranched alkanes of at least 4 members (excludes halogenated alkanes) is 49. The van der Waals surface area contributed by atoms with E-state index in [0.717, 1.165) is 51.4 Å². The molecule has 1 amide bonds. The smallest absolute Gasteiger partial charge is 0.249 e. The first-order valence-electron chi connectivity index (χ1n) is 35.5. The molecule has 4 atom stereocenters. The molecule has 466 valence electrons. The Morgan fingerprint density at radius 3 is 0.797 bits per heavy atom. The van der Waals surface area contributed by atoms with E-state index in [1.165, 1.54) is 295 Å². The Bertz CT molecular complexity index is 1290. The van der Waals surface area contributed by atoms with Crippen LogP contribution in [0.1, 0.15) is 380 Å². The van der Waals surface area contributed by atoms with E-state index in [0.29, 0.717) is 19.3 Å².